The molecule has 1 saturated heterocycles. The summed E-state index contributed by atoms with van der Waals surface area (Å²) < 4.78 is 22.2. The van der Waals surface area contributed by atoms with Gasteiger partial charge in [-0.2, -0.15) is 0 Å². The number of aromatic nitrogens is 2. The number of ether oxygens (including phenoxy) is 1. The van der Waals surface area contributed by atoms with Gasteiger partial charge < -0.3 is 0 Å². The van der Waals surface area contributed by atoms with E-state index < -0.39 is 38.6 Å². The van der Waals surface area contributed by atoms with Crippen LogP contribution in [0.2, 0.25) is 0 Å². The number of nitrogens with zero attached hydrogens (tertiary/aromatic N) is 2. The van der Waals surface area contributed by atoms with Crippen molar-refractivity contribution in [2.75, 3.05) is 6.61 Å². The molecule has 0 aromatic carbocycles. The molecule has 0 spiro atoms. The van der Waals surface area contributed by atoms with E-state index >= 15 is 0 Å². The van der Waals surface area contributed by atoms with Crippen molar-refractivity contribution in [2.24, 2.45) is 0 Å². The van der Waals surface area contributed by atoms with Crippen molar-refractivity contribution in [1.29, 1.82) is 0 Å². The molecule has 3 atom stereocenters. The number of hydrogen-bond donors (Lipinski definition) is 3. The number of hydrogen-bond acceptors (Lipinski definition) is 6. The summed E-state index contributed by atoms with van der Waals surface area (Å²) >= 11 is 2.19. The third-order valence-electron chi connectivity index (χ3n) is 3.03. The summed E-state index contributed by atoms with van der Waals surface area (Å²) in [5, 5.41) is 9.84. The Hall–Kier alpha value is -0.571. The predicted octanol–water partition coefficient (Wildman–Crippen LogP) is -2.16. The molecule has 2 heterocycles. The summed E-state index contributed by atoms with van der Waals surface area (Å²) in [5.74, 6) is 0. The summed E-state index contributed by atoms with van der Waals surface area (Å²) in [6.07, 6.45) is -1.00. The molecule has 118 valence electrons. The van der Waals surface area contributed by atoms with Gasteiger partial charge in [0.1, 0.15) is 0 Å². The first-order valence-electron chi connectivity index (χ1n) is 6.00. The second-order valence-electron chi connectivity index (χ2n) is 4.66. The van der Waals surface area contributed by atoms with Crippen LogP contribution in [0.1, 0.15) is 18.2 Å². The van der Waals surface area contributed by atoms with Crippen molar-refractivity contribution in [2.45, 2.75) is 31.8 Å². The van der Waals surface area contributed by atoms with Crippen molar-refractivity contribution in [3.05, 3.63) is 22.2 Å². The van der Waals surface area contributed by atoms with E-state index in [1.807, 2.05) is 0 Å². The molecule has 0 amide bonds. The van der Waals surface area contributed by atoms with Gasteiger partial charge in [-0.05, 0) is 0 Å². The van der Waals surface area contributed by atoms with Crippen molar-refractivity contribution in [3.8, 4) is 0 Å². The molecule has 1 aliphatic heterocycles. The molecular weight excluding hydrogens is 370 g/mol. The molecule has 0 radical (unpaired) electrons. The van der Waals surface area contributed by atoms with E-state index in [1.165, 1.54) is 4.57 Å². The van der Waals surface area contributed by atoms with Crippen molar-refractivity contribution in [1.82, 2.24) is 9.55 Å². The van der Waals surface area contributed by atoms with Crippen LogP contribution in [0.15, 0.2) is 11.0 Å². The second-order valence-corrected chi connectivity index (χ2v) is 6.78. The van der Waals surface area contributed by atoms with Gasteiger partial charge in [-0.15, -0.1) is 0 Å². The first-order chi connectivity index (χ1) is 9.67. The van der Waals surface area contributed by atoms with E-state index in [2.05, 4.69) is 25.5 Å². The Kier molecular flexibility index (Phi) is 5.02. The first-order valence-corrected chi connectivity index (χ1v) is 8.46. The summed E-state index contributed by atoms with van der Waals surface area (Å²) in [5.41, 5.74) is 0.243. The fraction of sp³-hybridized carbons (Fsp3) is 0.600. The van der Waals surface area contributed by atoms with Crippen LogP contribution < -0.4 is 10.3 Å². The maximum atomic E-state index is 11.8. The number of phosphoric acid groups is 1. The fourth-order valence-corrected chi connectivity index (χ4v) is 2.61. The fourth-order valence-electron chi connectivity index (χ4n) is 1.97. The maximum absolute atomic E-state index is 11.8. The Bertz CT molecular complexity index is 630. The molecular formula is C10H15N2O7PSe. The molecule has 0 unspecified atom stereocenters. The van der Waals surface area contributed by atoms with Crippen molar-refractivity contribution in [3.63, 3.8) is 0 Å². The number of aryl methyl sites for hydroxylation is 1. The monoisotopic (exact) mass is 386 g/mol. The van der Waals surface area contributed by atoms with Gasteiger partial charge in [0.05, 0.1) is 0 Å². The zero-order valence-electron chi connectivity index (χ0n) is 11.0. The SMILES string of the molecule is Cc1cn([C@H]2C[C@H](O)[C@@H](COP(=O)(O)O)O2)c(=O)nc1[SeH]. The van der Waals surface area contributed by atoms with Crippen LogP contribution in [0.5, 0.6) is 0 Å². The van der Waals surface area contributed by atoms with Crippen molar-refractivity contribution >= 4 is 28.4 Å². The molecule has 3 N–H and O–H groups in total. The molecule has 0 saturated carbocycles. The van der Waals surface area contributed by atoms with Crippen LogP contribution in [-0.4, -0.2) is 59.3 Å². The van der Waals surface area contributed by atoms with Crippen LogP contribution in [0.4, 0.5) is 0 Å². The molecule has 0 bridgehead atoms. The molecule has 2 rings (SSSR count). The zero-order chi connectivity index (χ0) is 15.8. The third-order valence-corrected chi connectivity index (χ3v) is 4.46. The Morgan fingerprint density at radius 3 is 2.90 bits per heavy atom. The van der Waals surface area contributed by atoms with Gasteiger partial charge >= 0.3 is 127 Å². The molecule has 0 aliphatic carbocycles. The number of aliphatic hydroxyl groups is 1. The molecule has 21 heavy (non-hydrogen) atoms. The molecule has 1 aliphatic rings. The van der Waals surface area contributed by atoms with Gasteiger partial charge in [-0.3, -0.25) is 0 Å². The normalized spacial score (nSPS) is 26.2. The average Bonchev–Trinajstić information content (AvgIpc) is 2.72. The molecule has 1 fully saturated rings. The Morgan fingerprint density at radius 1 is 1.62 bits per heavy atom. The van der Waals surface area contributed by atoms with Gasteiger partial charge in [0.2, 0.25) is 0 Å². The second kappa shape index (κ2) is 6.27. The molecule has 1 aromatic heterocycles. The van der Waals surface area contributed by atoms with Crippen LogP contribution in [0, 0.1) is 6.92 Å². The topological polar surface area (TPSA) is 131 Å². The van der Waals surface area contributed by atoms with Crippen molar-refractivity contribution < 1.29 is 28.7 Å². The van der Waals surface area contributed by atoms with Crippen LogP contribution >= 0.6 is 7.82 Å². The Balaban J connectivity index is 2.12. The van der Waals surface area contributed by atoms with Gasteiger partial charge in [0, 0.05) is 0 Å². The van der Waals surface area contributed by atoms with Gasteiger partial charge in [-0.25, -0.2) is 0 Å². The van der Waals surface area contributed by atoms with Crippen LogP contribution in [-0.2, 0) is 13.8 Å². The van der Waals surface area contributed by atoms with Gasteiger partial charge in [0.25, 0.3) is 0 Å². The average molecular weight is 385 g/mol. The molecule has 1 aromatic rings. The number of rotatable bonds is 4. The minimum absolute atomic E-state index is 0.105. The summed E-state index contributed by atoms with van der Waals surface area (Å²) in [4.78, 5) is 32.9. The summed E-state index contributed by atoms with van der Waals surface area (Å²) in [6.45, 7) is 1.31. The third kappa shape index (κ3) is 4.21. The van der Waals surface area contributed by atoms with E-state index in [4.69, 9.17) is 14.5 Å². The predicted molar refractivity (Wildman–Crippen MR) is 72.5 cm³/mol. The quantitative estimate of drug-likeness (QED) is 0.395. The molecule has 11 heteroatoms. The van der Waals surface area contributed by atoms with E-state index in [0.717, 1.165) is 5.56 Å². The van der Waals surface area contributed by atoms with E-state index in [0.29, 0.717) is 4.59 Å². The van der Waals surface area contributed by atoms with Crippen LogP contribution in [0.25, 0.3) is 0 Å². The standard InChI is InChI=1S/C10H15N2O7PSe/c1-5-3-12(10(14)11-9(5)21)8-2-6(13)7(19-8)4-18-20(15,16)17/h3,6-8,13H,2,4H2,1H3,(H,11,14,21)(H2,15,16,17)/t6-,7+,8+/m0/s1. The Labute approximate surface area is 128 Å². The van der Waals surface area contributed by atoms with E-state index in [1.54, 1.807) is 13.1 Å². The van der Waals surface area contributed by atoms with Crippen LogP contribution in [0.3, 0.4) is 0 Å². The minimum atomic E-state index is -4.63. The van der Waals surface area contributed by atoms with E-state index in [9.17, 15) is 14.5 Å². The summed E-state index contributed by atoms with van der Waals surface area (Å²) in [7, 11) is -4.63. The Morgan fingerprint density at radius 2 is 2.29 bits per heavy atom. The van der Waals surface area contributed by atoms with Gasteiger partial charge in [-0.1, -0.05) is 0 Å². The summed E-state index contributed by atoms with van der Waals surface area (Å²) in [6, 6.07) is 0. The van der Waals surface area contributed by atoms with Gasteiger partial charge in [0.15, 0.2) is 0 Å². The molecule has 9 nitrogen and oxygen atoms in total. The number of phosphoric ester groups is 1. The zero-order valence-corrected chi connectivity index (χ0v) is 13.8. The number of aliphatic hydroxyl groups excluding tert-OH is 1. The first kappa shape index (κ1) is 16.8. The van der Waals surface area contributed by atoms with E-state index in [-0.39, 0.29) is 6.42 Å².